The average Bonchev–Trinajstić information content (AvgIpc) is 3.25. The molecule has 1 atom stereocenters. The highest BCUT2D eigenvalue weighted by Gasteiger charge is 2.23. The van der Waals surface area contributed by atoms with Crippen molar-refractivity contribution < 1.29 is 4.79 Å². The molecule has 1 aromatic carbocycles. The first-order valence-corrected chi connectivity index (χ1v) is 9.02. The number of aryl methyl sites for hydroxylation is 1. The summed E-state index contributed by atoms with van der Waals surface area (Å²) in [7, 11) is 0. The summed E-state index contributed by atoms with van der Waals surface area (Å²) in [5, 5.41) is 23.0. The average molecular weight is 361 g/mol. The SMILES string of the molecule is Cc1nnc(SCCNC(=O)[C@@H](c2ccccc2)n2cnnn2)s1. The summed E-state index contributed by atoms with van der Waals surface area (Å²) >= 11 is 3.12. The van der Waals surface area contributed by atoms with Gasteiger partial charge in [-0.1, -0.05) is 53.4 Å². The highest BCUT2D eigenvalue weighted by atomic mass is 32.2. The minimum absolute atomic E-state index is 0.150. The molecule has 0 radical (unpaired) electrons. The molecule has 0 aliphatic rings. The van der Waals surface area contributed by atoms with E-state index < -0.39 is 6.04 Å². The summed E-state index contributed by atoms with van der Waals surface area (Å²) in [5.74, 6) is 0.569. The van der Waals surface area contributed by atoms with Crippen LogP contribution in [0, 0.1) is 6.92 Å². The maximum atomic E-state index is 12.6. The van der Waals surface area contributed by atoms with Gasteiger partial charge < -0.3 is 5.32 Å². The zero-order valence-corrected chi connectivity index (χ0v) is 14.5. The van der Waals surface area contributed by atoms with Crippen LogP contribution in [0.4, 0.5) is 0 Å². The summed E-state index contributed by atoms with van der Waals surface area (Å²) in [4.78, 5) is 12.6. The molecule has 10 heteroatoms. The second-order valence-corrected chi connectivity index (χ2v) is 7.35. The Labute approximate surface area is 146 Å². The Balaban J connectivity index is 1.60. The molecule has 2 heterocycles. The van der Waals surface area contributed by atoms with Crippen molar-refractivity contribution >= 4 is 29.0 Å². The van der Waals surface area contributed by atoms with Gasteiger partial charge in [0.1, 0.15) is 11.3 Å². The Morgan fingerprint density at radius 3 is 2.83 bits per heavy atom. The van der Waals surface area contributed by atoms with Gasteiger partial charge in [-0.15, -0.1) is 15.3 Å². The molecule has 0 aliphatic carbocycles. The molecule has 0 fully saturated rings. The largest absolute Gasteiger partial charge is 0.353 e. The third-order valence-electron chi connectivity index (χ3n) is 3.13. The molecule has 3 aromatic rings. The summed E-state index contributed by atoms with van der Waals surface area (Å²) in [5.41, 5.74) is 0.828. The van der Waals surface area contributed by atoms with Crippen LogP contribution >= 0.6 is 23.1 Å². The molecule has 2 aromatic heterocycles. The highest BCUT2D eigenvalue weighted by molar-refractivity contribution is 8.01. The van der Waals surface area contributed by atoms with Crippen molar-refractivity contribution in [2.24, 2.45) is 0 Å². The van der Waals surface area contributed by atoms with E-state index in [2.05, 4.69) is 31.0 Å². The fraction of sp³-hybridized carbons (Fsp3) is 0.286. The van der Waals surface area contributed by atoms with E-state index >= 15 is 0 Å². The van der Waals surface area contributed by atoms with Crippen molar-refractivity contribution in [2.45, 2.75) is 17.3 Å². The van der Waals surface area contributed by atoms with Crippen LogP contribution in [0.15, 0.2) is 41.0 Å². The monoisotopic (exact) mass is 361 g/mol. The van der Waals surface area contributed by atoms with E-state index in [4.69, 9.17) is 0 Å². The summed E-state index contributed by atoms with van der Waals surface area (Å²) in [6.07, 6.45) is 1.44. The van der Waals surface area contributed by atoms with Crippen molar-refractivity contribution in [3.63, 3.8) is 0 Å². The van der Waals surface area contributed by atoms with Gasteiger partial charge >= 0.3 is 0 Å². The topological polar surface area (TPSA) is 98.5 Å². The van der Waals surface area contributed by atoms with E-state index in [0.717, 1.165) is 20.7 Å². The number of aromatic nitrogens is 6. The van der Waals surface area contributed by atoms with Gasteiger partial charge in [0.05, 0.1) is 0 Å². The highest BCUT2D eigenvalue weighted by Crippen LogP contribution is 2.21. The zero-order chi connectivity index (χ0) is 16.8. The summed E-state index contributed by atoms with van der Waals surface area (Å²) < 4.78 is 2.35. The fourth-order valence-electron chi connectivity index (χ4n) is 2.09. The van der Waals surface area contributed by atoms with Gasteiger partial charge in [0.15, 0.2) is 10.4 Å². The predicted molar refractivity (Wildman–Crippen MR) is 90.8 cm³/mol. The Bertz CT molecular complexity index is 776. The molecule has 1 amide bonds. The van der Waals surface area contributed by atoms with Crippen LogP contribution in [0.3, 0.4) is 0 Å². The third-order valence-corrected chi connectivity index (χ3v) is 5.10. The number of hydrogen-bond acceptors (Lipinski definition) is 8. The van der Waals surface area contributed by atoms with E-state index in [9.17, 15) is 4.79 Å². The van der Waals surface area contributed by atoms with Crippen LogP contribution < -0.4 is 5.32 Å². The van der Waals surface area contributed by atoms with E-state index in [-0.39, 0.29) is 5.91 Å². The molecule has 124 valence electrons. The number of benzene rings is 1. The standard InChI is InChI=1S/C14H15N7OS2/c1-10-17-18-14(24-10)23-8-7-15-13(22)12(21-9-16-19-20-21)11-5-3-2-4-6-11/h2-6,9,12H,7-8H2,1H3,(H,15,22)/t12-/m1/s1. The van der Waals surface area contributed by atoms with Crippen molar-refractivity contribution in [1.29, 1.82) is 0 Å². The number of nitrogens with one attached hydrogen (secondary N) is 1. The Kier molecular flexibility index (Phi) is 5.49. The minimum Gasteiger partial charge on any atom is -0.353 e. The Hall–Kier alpha value is -2.33. The van der Waals surface area contributed by atoms with Gasteiger partial charge in [0.25, 0.3) is 0 Å². The molecule has 0 saturated heterocycles. The first-order valence-electron chi connectivity index (χ1n) is 7.22. The number of hydrogen-bond donors (Lipinski definition) is 1. The number of rotatable bonds is 7. The molecule has 0 saturated carbocycles. The molecule has 24 heavy (non-hydrogen) atoms. The number of tetrazole rings is 1. The number of carbonyl (C=O) groups is 1. The van der Waals surface area contributed by atoms with Crippen LogP contribution in [0.5, 0.6) is 0 Å². The molecular formula is C14H15N7OS2. The van der Waals surface area contributed by atoms with Gasteiger partial charge in [-0.3, -0.25) is 4.79 Å². The molecule has 1 N–H and O–H groups in total. The van der Waals surface area contributed by atoms with Gasteiger partial charge in [-0.05, 0) is 22.9 Å². The van der Waals surface area contributed by atoms with Crippen molar-refractivity contribution in [3.8, 4) is 0 Å². The predicted octanol–water partition coefficient (Wildman–Crippen LogP) is 1.33. The Morgan fingerprint density at radius 2 is 2.17 bits per heavy atom. The number of carbonyl (C=O) groups excluding carboxylic acids is 1. The second-order valence-electron chi connectivity index (χ2n) is 4.83. The number of amides is 1. The lowest BCUT2D eigenvalue weighted by Crippen LogP contribution is -2.35. The van der Waals surface area contributed by atoms with Gasteiger partial charge in [-0.25, -0.2) is 4.68 Å². The molecule has 3 rings (SSSR count). The van der Waals surface area contributed by atoms with Crippen LogP contribution in [0.25, 0.3) is 0 Å². The maximum absolute atomic E-state index is 12.6. The van der Waals surface area contributed by atoms with E-state index in [1.54, 1.807) is 23.1 Å². The lowest BCUT2D eigenvalue weighted by atomic mass is 10.1. The van der Waals surface area contributed by atoms with Crippen molar-refractivity contribution in [3.05, 3.63) is 47.2 Å². The molecule has 8 nitrogen and oxygen atoms in total. The number of thioether (sulfide) groups is 1. The van der Waals surface area contributed by atoms with Crippen LogP contribution in [-0.4, -0.2) is 48.6 Å². The Morgan fingerprint density at radius 1 is 1.33 bits per heavy atom. The lowest BCUT2D eigenvalue weighted by Gasteiger charge is -2.16. The quantitative estimate of drug-likeness (QED) is 0.501. The summed E-state index contributed by atoms with van der Waals surface area (Å²) in [6.45, 7) is 2.44. The molecule has 0 bridgehead atoms. The molecule has 0 spiro atoms. The summed E-state index contributed by atoms with van der Waals surface area (Å²) in [6, 6.07) is 8.84. The fourth-order valence-corrected chi connectivity index (χ4v) is 3.83. The third kappa shape index (κ3) is 4.15. The lowest BCUT2D eigenvalue weighted by molar-refractivity contribution is -0.123. The van der Waals surface area contributed by atoms with Gasteiger partial charge in [-0.2, -0.15) is 0 Å². The first kappa shape index (κ1) is 16.5. The first-order chi connectivity index (χ1) is 11.7. The normalized spacial score (nSPS) is 12.0. The van der Waals surface area contributed by atoms with E-state index in [0.29, 0.717) is 6.54 Å². The molecular weight excluding hydrogens is 346 g/mol. The van der Waals surface area contributed by atoms with Crippen molar-refractivity contribution in [1.82, 2.24) is 35.7 Å². The molecule has 0 unspecified atom stereocenters. The minimum atomic E-state index is -0.588. The van der Waals surface area contributed by atoms with Crippen molar-refractivity contribution in [2.75, 3.05) is 12.3 Å². The van der Waals surface area contributed by atoms with Gasteiger partial charge in [0.2, 0.25) is 5.91 Å². The zero-order valence-electron chi connectivity index (χ0n) is 12.9. The number of nitrogens with zero attached hydrogens (tertiary/aromatic N) is 6. The van der Waals surface area contributed by atoms with Crippen LogP contribution in [-0.2, 0) is 4.79 Å². The van der Waals surface area contributed by atoms with Gasteiger partial charge in [0, 0.05) is 12.3 Å². The molecule has 0 aliphatic heterocycles. The van der Waals surface area contributed by atoms with Crippen LogP contribution in [0.1, 0.15) is 16.6 Å². The second kappa shape index (κ2) is 7.97. The smallest absolute Gasteiger partial charge is 0.249 e. The van der Waals surface area contributed by atoms with E-state index in [1.807, 2.05) is 37.3 Å². The van der Waals surface area contributed by atoms with Crippen LogP contribution in [0.2, 0.25) is 0 Å². The maximum Gasteiger partial charge on any atom is 0.249 e. The van der Waals surface area contributed by atoms with E-state index in [1.165, 1.54) is 11.0 Å².